The van der Waals surface area contributed by atoms with E-state index in [1.165, 1.54) is 0 Å². The van der Waals surface area contributed by atoms with Crippen molar-refractivity contribution in [3.63, 3.8) is 0 Å². The lowest BCUT2D eigenvalue weighted by Gasteiger charge is -2.22. The third kappa shape index (κ3) is 3.29. The molecule has 0 radical (unpaired) electrons. The van der Waals surface area contributed by atoms with Gasteiger partial charge in [-0.05, 0) is 31.0 Å². The van der Waals surface area contributed by atoms with Crippen LogP contribution in [0.5, 0.6) is 0 Å². The van der Waals surface area contributed by atoms with E-state index in [0.717, 1.165) is 11.0 Å². The molecule has 22 heavy (non-hydrogen) atoms. The quantitative estimate of drug-likeness (QED) is 0.823. The van der Waals surface area contributed by atoms with E-state index in [2.05, 4.69) is 5.32 Å². The van der Waals surface area contributed by atoms with Gasteiger partial charge in [0.2, 0.25) is 0 Å². The number of anilines is 1. The van der Waals surface area contributed by atoms with Crippen LogP contribution in [-0.2, 0) is 11.0 Å². The fraction of sp³-hybridized carbons (Fsp3) is 0.385. The number of nitrogens with one attached hydrogen (secondary N) is 1. The normalized spacial score (nSPS) is 18.4. The monoisotopic (exact) mass is 320 g/mol. The summed E-state index contributed by atoms with van der Waals surface area (Å²) >= 11 is 0. The van der Waals surface area contributed by atoms with Crippen molar-refractivity contribution in [2.45, 2.75) is 25.1 Å². The van der Waals surface area contributed by atoms with Crippen LogP contribution in [0, 0.1) is 5.82 Å². The number of carboxylic acids is 1. The smallest absolute Gasteiger partial charge is 0.419 e. The average Bonchev–Trinajstić information content (AvgIpc) is 2.86. The molecule has 1 heterocycles. The SMILES string of the molecule is O=C(O)[C@H]1CCCN1C(=O)Nc1ccc(C(F)(F)F)c(F)c1. The van der Waals surface area contributed by atoms with Crippen molar-refractivity contribution < 1.29 is 32.3 Å². The predicted octanol–water partition coefficient (Wildman–Crippen LogP) is 2.93. The van der Waals surface area contributed by atoms with Gasteiger partial charge in [0.15, 0.2) is 0 Å². The second-order valence-electron chi connectivity index (χ2n) is 4.81. The highest BCUT2D eigenvalue weighted by Crippen LogP contribution is 2.32. The summed E-state index contributed by atoms with van der Waals surface area (Å²) in [5, 5.41) is 11.2. The van der Waals surface area contributed by atoms with Gasteiger partial charge in [0.25, 0.3) is 0 Å². The Morgan fingerprint density at radius 3 is 2.55 bits per heavy atom. The van der Waals surface area contributed by atoms with Gasteiger partial charge in [-0.1, -0.05) is 0 Å². The van der Waals surface area contributed by atoms with Crippen LogP contribution in [0.2, 0.25) is 0 Å². The van der Waals surface area contributed by atoms with E-state index < -0.39 is 35.6 Å². The third-order valence-corrected chi connectivity index (χ3v) is 3.32. The Hall–Kier alpha value is -2.32. The van der Waals surface area contributed by atoms with Gasteiger partial charge in [0.05, 0.1) is 5.56 Å². The largest absolute Gasteiger partial charge is 0.480 e. The molecule has 2 amide bonds. The fourth-order valence-electron chi connectivity index (χ4n) is 2.28. The molecule has 2 N–H and O–H groups in total. The average molecular weight is 320 g/mol. The highest BCUT2D eigenvalue weighted by atomic mass is 19.4. The van der Waals surface area contributed by atoms with Crippen molar-refractivity contribution in [1.29, 1.82) is 0 Å². The number of carboxylic acid groups (broad SMARTS) is 1. The molecule has 1 aromatic carbocycles. The molecule has 1 aliphatic rings. The molecular weight excluding hydrogens is 308 g/mol. The molecule has 1 aromatic rings. The number of alkyl halides is 3. The number of carbonyl (C=O) groups is 2. The van der Waals surface area contributed by atoms with Crippen LogP contribution in [0.3, 0.4) is 0 Å². The zero-order valence-electron chi connectivity index (χ0n) is 11.2. The maximum absolute atomic E-state index is 13.4. The number of aliphatic carboxylic acids is 1. The second kappa shape index (κ2) is 5.82. The van der Waals surface area contributed by atoms with Gasteiger partial charge in [-0.2, -0.15) is 13.2 Å². The van der Waals surface area contributed by atoms with Gasteiger partial charge in [-0.25, -0.2) is 14.0 Å². The van der Waals surface area contributed by atoms with Crippen LogP contribution in [0.4, 0.5) is 28.0 Å². The molecule has 0 unspecified atom stereocenters. The van der Waals surface area contributed by atoms with Gasteiger partial charge < -0.3 is 15.3 Å². The molecule has 1 aliphatic heterocycles. The summed E-state index contributed by atoms with van der Waals surface area (Å²) < 4.78 is 50.7. The topological polar surface area (TPSA) is 69.6 Å². The Morgan fingerprint density at radius 1 is 1.32 bits per heavy atom. The lowest BCUT2D eigenvalue weighted by atomic mass is 10.2. The van der Waals surface area contributed by atoms with Crippen LogP contribution in [0.1, 0.15) is 18.4 Å². The van der Waals surface area contributed by atoms with E-state index in [-0.39, 0.29) is 12.2 Å². The third-order valence-electron chi connectivity index (χ3n) is 3.32. The van der Waals surface area contributed by atoms with Crippen LogP contribution in [0.15, 0.2) is 18.2 Å². The first-order chi connectivity index (χ1) is 10.2. The van der Waals surface area contributed by atoms with E-state index in [9.17, 15) is 27.2 Å². The van der Waals surface area contributed by atoms with Gasteiger partial charge in [-0.3, -0.25) is 0 Å². The molecule has 5 nitrogen and oxygen atoms in total. The molecular formula is C13H12F4N2O3. The van der Waals surface area contributed by atoms with Crippen molar-refractivity contribution in [3.8, 4) is 0 Å². The standard InChI is InChI=1S/C13H12F4N2O3/c14-9-6-7(3-4-8(9)13(15,16)17)18-12(22)19-5-1-2-10(19)11(20)21/h3-4,6,10H,1-2,5H2,(H,18,22)(H,20,21)/t10-/m1/s1. The fourth-order valence-corrected chi connectivity index (χ4v) is 2.28. The lowest BCUT2D eigenvalue weighted by Crippen LogP contribution is -2.42. The zero-order chi connectivity index (χ0) is 16.5. The summed E-state index contributed by atoms with van der Waals surface area (Å²) in [7, 11) is 0. The number of hydrogen-bond acceptors (Lipinski definition) is 2. The van der Waals surface area contributed by atoms with Crippen LogP contribution < -0.4 is 5.32 Å². The zero-order valence-corrected chi connectivity index (χ0v) is 11.2. The van der Waals surface area contributed by atoms with Crippen molar-refractivity contribution in [2.24, 2.45) is 0 Å². The first-order valence-corrected chi connectivity index (χ1v) is 6.37. The van der Waals surface area contributed by atoms with Gasteiger partial charge in [0, 0.05) is 12.2 Å². The molecule has 9 heteroatoms. The number of likely N-dealkylation sites (tertiary alicyclic amines) is 1. The maximum Gasteiger partial charge on any atom is 0.419 e. The number of benzene rings is 1. The Labute approximate surface area is 122 Å². The number of amides is 2. The first kappa shape index (κ1) is 16.1. The number of halogens is 4. The van der Waals surface area contributed by atoms with Crippen LogP contribution in [-0.4, -0.2) is 34.6 Å². The van der Waals surface area contributed by atoms with Gasteiger partial charge >= 0.3 is 18.2 Å². The van der Waals surface area contributed by atoms with Crippen molar-refractivity contribution in [2.75, 3.05) is 11.9 Å². The molecule has 1 atom stereocenters. The number of urea groups is 1. The minimum atomic E-state index is -4.82. The maximum atomic E-state index is 13.4. The summed E-state index contributed by atoms with van der Waals surface area (Å²) in [6, 6.07) is 0.203. The highest BCUT2D eigenvalue weighted by molar-refractivity contribution is 5.92. The summed E-state index contributed by atoms with van der Waals surface area (Å²) in [5.74, 6) is -2.67. The van der Waals surface area contributed by atoms with E-state index in [0.29, 0.717) is 25.0 Å². The molecule has 1 fully saturated rings. The second-order valence-corrected chi connectivity index (χ2v) is 4.81. The molecule has 0 aliphatic carbocycles. The highest BCUT2D eigenvalue weighted by Gasteiger charge is 2.35. The summed E-state index contributed by atoms with van der Waals surface area (Å²) in [5.41, 5.74) is -1.61. The Kier molecular flexibility index (Phi) is 4.25. The molecule has 120 valence electrons. The van der Waals surface area contributed by atoms with Gasteiger partial charge in [-0.15, -0.1) is 0 Å². The molecule has 0 saturated carbocycles. The Bertz CT molecular complexity index is 603. The molecule has 2 rings (SSSR count). The Morgan fingerprint density at radius 2 is 2.00 bits per heavy atom. The number of rotatable bonds is 2. The summed E-state index contributed by atoms with van der Waals surface area (Å²) in [4.78, 5) is 24.0. The molecule has 1 saturated heterocycles. The van der Waals surface area contributed by atoms with Crippen LogP contribution >= 0.6 is 0 Å². The molecule has 0 bridgehead atoms. The lowest BCUT2D eigenvalue weighted by molar-refractivity contribution is -0.141. The molecule has 0 spiro atoms. The Balaban J connectivity index is 2.12. The predicted molar refractivity (Wildman–Crippen MR) is 67.8 cm³/mol. The van der Waals surface area contributed by atoms with Crippen molar-refractivity contribution in [3.05, 3.63) is 29.6 Å². The van der Waals surface area contributed by atoms with E-state index in [1.807, 2.05) is 0 Å². The van der Waals surface area contributed by atoms with Crippen molar-refractivity contribution >= 4 is 17.7 Å². The van der Waals surface area contributed by atoms with E-state index in [1.54, 1.807) is 0 Å². The van der Waals surface area contributed by atoms with Crippen LogP contribution in [0.25, 0.3) is 0 Å². The first-order valence-electron chi connectivity index (χ1n) is 6.37. The minimum absolute atomic E-state index is 0.175. The number of carbonyl (C=O) groups excluding carboxylic acids is 1. The van der Waals surface area contributed by atoms with Gasteiger partial charge in [0.1, 0.15) is 11.9 Å². The number of nitrogens with zero attached hydrogens (tertiary/aromatic N) is 1. The minimum Gasteiger partial charge on any atom is -0.480 e. The molecule has 0 aromatic heterocycles. The number of hydrogen-bond donors (Lipinski definition) is 2. The van der Waals surface area contributed by atoms with E-state index in [4.69, 9.17) is 5.11 Å². The van der Waals surface area contributed by atoms with E-state index >= 15 is 0 Å². The van der Waals surface area contributed by atoms with Crippen molar-refractivity contribution in [1.82, 2.24) is 4.90 Å². The summed E-state index contributed by atoms with van der Waals surface area (Å²) in [6.45, 7) is 0.214. The summed E-state index contributed by atoms with van der Waals surface area (Å²) in [6.07, 6.45) is -4.02.